The SMILES string of the molecule is Cc1ccc(CCCNc2nc(=O)c3cccnc3s2)cc1. The number of pyridine rings is 1. The second-order valence-electron chi connectivity index (χ2n) is 5.20. The molecule has 0 spiro atoms. The Morgan fingerprint density at radius 3 is 2.82 bits per heavy atom. The van der Waals surface area contributed by atoms with E-state index in [0.29, 0.717) is 10.5 Å². The lowest BCUT2D eigenvalue weighted by Gasteiger charge is -2.05. The van der Waals surface area contributed by atoms with Crippen molar-refractivity contribution in [3.05, 3.63) is 64.1 Å². The van der Waals surface area contributed by atoms with Crippen LogP contribution in [-0.4, -0.2) is 16.5 Å². The van der Waals surface area contributed by atoms with Gasteiger partial charge in [-0.05, 0) is 37.5 Å². The van der Waals surface area contributed by atoms with Crippen LogP contribution in [0, 0.1) is 6.92 Å². The van der Waals surface area contributed by atoms with Crippen molar-refractivity contribution in [3.8, 4) is 0 Å². The molecule has 0 atom stereocenters. The van der Waals surface area contributed by atoms with Crippen molar-refractivity contribution in [1.82, 2.24) is 9.97 Å². The third-order valence-corrected chi connectivity index (χ3v) is 4.38. The van der Waals surface area contributed by atoms with E-state index in [1.807, 2.05) is 0 Å². The van der Waals surface area contributed by atoms with Crippen LogP contribution in [0.2, 0.25) is 0 Å². The maximum atomic E-state index is 11.9. The van der Waals surface area contributed by atoms with Gasteiger partial charge in [-0.15, -0.1) is 0 Å². The molecular weight excluding hydrogens is 294 g/mol. The number of aryl methyl sites for hydroxylation is 2. The summed E-state index contributed by atoms with van der Waals surface area (Å²) in [6.45, 7) is 2.88. The molecule has 0 aliphatic carbocycles. The van der Waals surface area contributed by atoms with E-state index >= 15 is 0 Å². The molecule has 3 aromatic rings. The summed E-state index contributed by atoms with van der Waals surface area (Å²) in [4.78, 5) is 20.9. The highest BCUT2D eigenvalue weighted by molar-refractivity contribution is 7.21. The molecule has 22 heavy (non-hydrogen) atoms. The second-order valence-corrected chi connectivity index (χ2v) is 6.17. The fraction of sp³-hybridized carbons (Fsp3) is 0.235. The Morgan fingerprint density at radius 2 is 2.00 bits per heavy atom. The van der Waals surface area contributed by atoms with Crippen LogP contribution >= 0.6 is 11.3 Å². The van der Waals surface area contributed by atoms with Gasteiger partial charge in [-0.25, -0.2) is 4.98 Å². The number of fused-ring (bicyclic) bond motifs is 1. The maximum Gasteiger partial charge on any atom is 0.282 e. The molecule has 0 amide bonds. The summed E-state index contributed by atoms with van der Waals surface area (Å²) < 4.78 is 0. The van der Waals surface area contributed by atoms with Gasteiger partial charge in [0.25, 0.3) is 5.56 Å². The van der Waals surface area contributed by atoms with Gasteiger partial charge < -0.3 is 5.32 Å². The fourth-order valence-corrected chi connectivity index (χ4v) is 3.08. The molecule has 0 aliphatic rings. The molecular formula is C17H17N3OS. The van der Waals surface area contributed by atoms with Gasteiger partial charge in [-0.2, -0.15) is 4.98 Å². The van der Waals surface area contributed by atoms with E-state index in [1.54, 1.807) is 18.3 Å². The standard InChI is InChI=1S/C17H17N3OS/c1-12-6-8-13(9-7-12)4-2-11-19-17-20-15(21)14-5-3-10-18-16(14)22-17/h3,5-10H,2,4,11H2,1H3,(H,19,20,21). The molecule has 0 saturated carbocycles. The van der Waals surface area contributed by atoms with Crippen molar-refractivity contribution in [2.45, 2.75) is 19.8 Å². The Hall–Kier alpha value is -2.27. The number of nitrogens with zero attached hydrogens (tertiary/aromatic N) is 2. The molecule has 5 heteroatoms. The van der Waals surface area contributed by atoms with E-state index in [2.05, 4.69) is 46.5 Å². The van der Waals surface area contributed by atoms with Crippen molar-refractivity contribution >= 4 is 26.7 Å². The summed E-state index contributed by atoms with van der Waals surface area (Å²) in [5, 5.41) is 4.45. The van der Waals surface area contributed by atoms with Crippen LogP contribution in [0.4, 0.5) is 5.13 Å². The number of benzene rings is 1. The fourth-order valence-electron chi connectivity index (χ4n) is 2.22. The first-order chi connectivity index (χ1) is 10.7. The topological polar surface area (TPSA) is 54.9 Å². The number of hydrogen-bond acceptors (Lipinski definition) is 5. The minimum Gasteiger partial charge on any atom is -0.361 e. The molecule has 1 aromatic carbocycles. The first-order valence-electron chi connectivity index (χ1n) is 7.28. The normalized spacial score (nSPS) is 10.8. The van der Waals surface area contributed by atoms with Crippen molar-refractivity contribution < 1.29 is 0 Å². The van der Waals surface area contributed by atoms with Crippen molar-refractivity contribution in [2.75, 3.05) is 11.9 Å². The molecule has 0 unspecified atom stereocenters. The average Bonchev–Trinajstić information content (AvgIpc) is 2.53. The zero-order chi connectivity index (χ0) is 15.4. The lowest BCUT2D eigenvalue weighted by molar-refractivity contribution is 0.860. The van der Waals surface area contributed by atoms with Crippen LogP contribution in [0.25, 0.3) is 10.2 Å². The van der Waals surface area contributed by atoms with E-state index in [0.717, 1.165) is 24.2 Å². The number of nitrogens with one attached hydrogen (secondary N) is 1. The number of aromatic nitrogens is 2. The Labute approximate surface area is 132 Å². The average molecular weight is 311 g/mol. The lowest BCUT2D eigenvalue weighted by Crippen LogP contribution is -2.11. The minimum absolute atomic E-state index is 0.220. The third-order valence-electron chi connectivity index (χ3n) is 3.44. The highest BCUT2D eigenvalue weighted by Crippen LogP contribution is 2.18. The van der Waals surface area contributed by atoms with Gasteiger partial charge in [0, 0.05) is 12.7 Å². The largest absolute Gasteiger partial charge is 0.361 e. The van der Waals surface area contributed by atoms with Gasteiger partial charge in [-0.3, -0.25) is 4.79 Å². The first kappa shape index (κ1) is 14.7. The van der Waals surface area contributed by atoms with Crippen molar-refractivity contribution in [2.24, 2.45) is 0 Å². The molecule has 1 N–H and O–H groups in total. The summed E-state index contributed by atoms with van der Waals surface area (Å²) in [5.41, 5.74) is 2.39. The van der Waals surface area contributed by atoms with Crippen LogP contribution < -0.4 is 10.9 Å². The van der Waals surface area contributed by atoms with Gasteiger partial charge in [0.2, 0.25) is 0 Å². The van der Waals surface area contributed by atoms with Crippen molar-refractivity contribution in [3.63, 3.8) is 0 Å². The van der Waals surface area contributed by atoms with Gasteiger partial charge in [0.1, 0.15) is 4.83 Å². The summed E-state index contributed by atoms with van der Waals surface area (Å²) in [7, 11) is 0. The molecule has 4 nitrogen and oxygen atoms in total. The maximum absolute atomic E-state index is 11.9. The lowest BCUT2D eigenvalue weighted by atomic mass is 10.1. The predicted molar refractivity (Wildman–Crippen MR) is 91.7 cm³/mol. The monoisotopic (exact) mass is 311 g/mol. The van der Waals surface area contributed by atoms with Crippen LogP contribution in [0.5, 0.6) is 0 Å². The molecule has 0 saturated heterocycles. The number of anilines is 1. The number of hydrogen-bond donors (Lipinski definition) is 1. The van der Waals surface area contributed by atoms with Crippen LogP contribution in [0.1, 0.15) is 17.5 Å². The summed E-state index contributed by atoms with van der Waals surface area (Å²) in [6, 6.07) is 12.1. The number of rotatable bonds is 5. The Bertz CT molecular complexity index is 827. The third kappa shape index (κ3) is 3.49. The zero-order valence-electron chi connectivity index (χ0n) is 12.4. The van der Waals surface area contributed by atoms with Gasteiger partial charge in [0.15, 0.2) is 5.13 Å². The van der Waals surface area contributed by atoms with Gasteiger partial charge in [0.05, 0.1) is 5.39 Å². The van der Waals surface area contributed by atoms with E-state index < -0.39 is 0 Å². The minimum atomic E-state index is -0.220. The van der Waals surface area contributed by atoms with Gasteiger partial charge in [-0.1, -0.05) is 41.2 Å². The molecule has 0 bridgehead atoms. The van der Waals surface area contributed by atoms with Crippen LogP contribution in [0.15, 0.2) is 47.4 Å². The summed E-state index contributed by atoms with van der Waals surface area (Å²) >= 11 is 1.42. The molecule has 0 aliphatic heterocycles. The van der Waals surface area contributed by atoms with Crippen LogP contribution in [-0.2, 0) is 6.42 Å². The van der Waals surface area contributed by atoms with Crippen LogP contribution in [0.3, 0.4) is 0 Å². The van der Waals surface area contributed by atoms with E-state index in [4.69, 9.17) is 0 Å². The quantitative estimate of drug-likeness (QED) is 0.734. The highest BCUT2D eigenvalue weighted by atomic mass is 32.1. The molecule has 0 fully saturated rings. The van der Waals surface area contributed by atoms with Gasteiger partial charge >= 0.3 is 0 Å². The summed E-state index contributed by atoms with van der Waals surface area (Å²) in [5.74, 6) is 0. The van der Waals surface area contributed by atoms with E-state index in [9.17, 15) is 4.79 Å². The molecule has 2 heterocycles. The predicted octanol–water partition coefficient (Wildman–Crippen LogP) is 3.40. The Balaban J connectivity index is 1.60. The molecule has 3 rings (SSSR count). The molecule has 0 radical (unpaired) electrons. The molecule has 112 valence electrons. The zero-order valence-corrected chi connectivity index (χ0v) is 13.2. The first-order valence-corrected chi connectivity index (χ1v) is 8.09. The Morgan fingerprint density at radius 1 is 1.18 bits per heavy atom. The second kappa shape index (κ2) is 6.66. The summed E-state index contributed by atoms with van der Waals surface area (Å²) in [6.07, 6.45) is 3.69. The Kier molecular flexibility index (Phi) is 4.44. The van der Waals surface area contributed by atoms with Crippen molar-refractivity contribution in [1.29, 1.82) is 0 Å². The smallest absolute Gasteiger partial charge is 0.282 e. The molecule has 2 aromatic heterocycles. The van der Waals surface area contributed by atoms with E-state index in [1.165, 1.54) is 22.5 Å². The highest BCUT2D eigenvalue weighted by Gasteiger charge is 2.04. The van der Waals surface area contributed by atoms with E-state index in [-0.39, 0.29) is 5.56 Å².